The number of piperazine rings is 1. The number of alkyl halides is 3. The van der Waals surface area contributed by atoms with Gasteiger partial charge < -0.3 is 4.74 Å². The number of anilines is 1. The van der Waals surface area contributed by atoms with Gasteiger partial charge in [0.25, 0.3) is 0 Å². The van der Waals surface area contributed by atoms with Gasteiger partial charge in [-0.25, -0.2) is 4.98 Å². The van der Waals surface area contributed by atoms with Gasteiger partial charge in [0.15, 0.2) is 0 Å². The molecule has 1 unspecified atom stereocenters. The first kappa shape index (κ1) is 27.5. The van der Waals surface area contributed by atoms with Crippen LogP contribution in [0.4, 0.5) is 19.0 Å². The van der Waals surface area contributed by atoms with Crippen molar-refractivity contribution in [1.29, 1.82) is 0 Å². The first-order valence-corrected chi connectivity index (χ1v) is 13.0. The van der Waals surface area contributed by atoms with E-state index in [-0.39, 0.29) is 24.7 Å². The maximum atomic E-state index is 13.9. The van der Waals surface area contributed by atoms with Crippen LogP contribution in [0.1, 0.15) is 51.2 Å². The average molecular weight is 519 g/mol. The highest BCUT2D eigenvalue weighted by Crippen LogP contribution is 2.41. The van der Waals surface area contributed by atoms with Gasteiger partial charge in [-0.3, -0.25) is 19.5 Å². The number of benzene rings is 1. The van der Waals surface area contributed by atoms with Crippen molar-refractivity contribution in [2.45, 2.75) is 63.9 Å². The van der Waals surface area contributed by atoms with E-state index in [2.05, 4.69) is 26.9 Å². The lowest BCUT2D eigenvalue weighted by Crippen LogP contribution is -2.66. The number of nitrogens with zero attached hydrogens (tertiary/aromatic N) is 4. The van der Waals surface area contributed by atoms with Gasteiger partial charge >= 0.3 is 6.18 Å². The molecule has 1 amide bonds. The van der Waals surface area contributed by atoms with Crippen molar-refractivity contribution < 1.29 is 22.7 Å². The molecule has 3 heterocycles. The lowest BCUT2D eigenvalue weighted by Gasteiger charge is -2.54. The number of pyridine rings is 1. The number of hydrogen-bond acceptors (Lipinski definition) is 5. The molecule has 37 heavy (non-hydrogen) atoms. The van der Waals surface area contributed by atoms with Crippen molar-refractivity contribution in [1.82, 2.24) is 14.8 Å². The van der Waals surface area contributed by atoms with E-state index in [4.69, 9.17) is 4.74 Å². The number of hydrogen-bond donors (Lipinski definition) is 0. The molecule has 0 bridgehead atoms. The summed E-state index contributed by atoms with van der Waals surface area (Å²) in [5.74, 6) is -0.677. The fourth-order valence-electron chi connectivity index (χ4n) is 5.78. The van der Waals surface area contributed by atoms with Gasteiger partial charge in [0.05, 0.1) is 11.2 Å². The van der Waals surface area contributed by atoms with E-state index in [1.807, 2.05) is 32.0 Å². The zero-order chi connectivity index (χ0) is 26.7. The third-order valence-electron chi connectivity index (χ3n) is 7.51. The minimum absolute atomic E-state index is 0.0920. The van der Waals surface area contributed by atoms with Crippen molar-refractivity contribution in [2.75, 3.05) is 44.2 Å². The maximum absolute atomic E-state index is 13.9. The Hall–Kier alpha value is -2.49. The molecule has 0 saturated carbocycles. The number of amides is 1. The largest absolute Gasteiger partial charge is 0.419 e. The summed E-state index contributed by atoms with van der Waals surface area (Å²) < 4.78 is 47.8. The molecule has 6 nitrogen and oxygen atoms in total. The van der Waals surface area contributed by atoms with E-state index in [9.17, 15) is 18.0 Å². The summed E-state index contributed by atoms with van der Waals surface area (Å²) in [4.78, 5) is 23.3. The minimum atomic E-state index is -4.61. The standard InChI is InChI=1S/C28H37F3N4O2/c1-4-24(36)35(25-23(28(29,30)31)11-8-13-32-25)21-27(12-18-37-26(2,3)20-27)34-16-14-33(15-17-34)19-22-9-6-5-7-10-22/h5-11,13H,4,12,14-21H2,1-3H3. The van der Waals surface area contributed by atoms with E-state index >= 15 is 0 Å². The van der Waals surface area contributed by atoms with Crippen LogP contribution in [-0.4, -0.2) is 71.2 Å². The molecule has 202 valence electrons. The fraction of sp³-hybridized carbons (Fsp3) is 0.571. The summed E-state index contributed by atoms with van der Waals surface area (Å²) in [6.07, 6.45) is -1.95. The van der Waals surface area contributed by atoms with Crippen LogP contribution in [0.5, 0.6) is 0 Å². The zero-order valence-corrected chi connectivity index (χ0v) is 21.9. The summed E-state index contributed by atoms with van der Waals surface area (Å²) in [5, 5.41) is 0. The van der Waals surface area contributed by atoms with Gasteiger partial charge in [0.2, 0.25) is 5.91 Å². The number of aromatic nitrogens is 1. The Labute approximate surface area is 217 Å². The summed E-state index contributed by atoms with van der Waals surface area (Å²) in [6.45, 7) is 10.4. The predicted molar refractivity (Wildman–Crippen MR) is 137 cm³/mol. The Morgan fingerprint density at radius 1 is 1.08 bits per heavy atom. The van der Waals surface area contributed by atoms with Gasteiger partial charge in [0.1, 0.15) is 5.82 Å². The maximum Gasteiger partial charge on any atom is 0.419 e. The molecule has 2 saturated heterocycles. The molecule has 0 N–H and O–H groups in total. The van der Waals surface area contributed by atoms with E-state index in [1.54, 1.807) is 6.92 Å². The monoisotopic (exact) mass is 518 g/mol. The topological polar surface area (TPSA) is 48.9 Å². The van der Waals surface area contributed by atoms with Crippen LogP contribution >= 0.6 is 0 Å². The number of carbonyl (C=O) groups is 1. The third-order valence-corrected chi connectivity index (χ3v) is 7.51. The molecule has 0 radical (unpaired) electrons. The fourth-order valence-corrected chi connectivity index (χ4v) is 5.78. The molecule has 2 aliphatic rings. The molecule has 9 heteroatoms. The van der Waals surface area contributed by atoms with Crippen LogP contribution in [0, 0.1) is 0 Å². The van der Waals surface area contributed by atoms with E-state index in [1.165, 1.54) is 22.7 Å². The van der Waals surface area contributed by atoms with Crippen LogP contribution < -0.4 is 4.90 Å². The molecule has 1 aromatic carbocycles. The quantitative estimate of drug-likeness (QED) is 0.517. The van der Waals surface area contributed by atoms with Gasteiger partial charge in [-0.05, 0) is 44.4 Å². The van der Waals surface area contributed by atoms with Crippen LogP contribution in [0.3, 0.4) is 0 Å². The number of ether oxygens (including phenoxy) is 1. The van der Waals surface area contributed by atoms with Crippen LogP contribution in [0.15, 0.2) is 48.7 Å². The zero-order valence-electron chi connectivity index (χ0n) is 21.9. The van der Waals surface area contributed by atoms with Crippen molar-refractivity contribution in [3.8, 4) is 0 Å². The second-order valence-corrected chi connectivity index (χ2v) is 10.7. The highest BCUT2D eigenvalue weighted by molar-refractivity contribution is 5.93. The van der Waals surface area contributed by atoms with Crippen molar-refractivity contribution in [2.24, 2.45) is 0 Å². The SMILES string of the molecule is CCC(=O)N(CC1(N2CCN(Cc3ccccc3)CC2)CCOC(C)(C)C1)c1ncccc1C(F)(F)F. The lowest BCUT2D eigenvalue weighted by molar-refractivity contribution is -0.138. The Morgan fingerprint density at radius 2 is 1.78 bits per heavy atom. The van der Waals surface area contributed by atoms with Gasteiger partial charge in [-0.1, -0.05) is 37.3 Å². The highest BCUT2D eigenvalue weighted by atomic mass is 19.4. The van der Waals surface area contributed by atoms with Crippen LogP contribution in [-0.2, 0) is 22.3 Å². The molecule has 0 aliphatic carbocycles. The molecule has 4 rings (SSSR count). The van der Waals surface area contributed by atoms with Crippen molar-refractivity contribution in [3.05, 3.63) is 59.8 Å². The van der Waals surface area contributed by atoms with Gasteiger partial charge in [-0.15, -0.1) is 0 Å². The number of carbonyl (C=O) groups excluding carboxylic acids is 1. The molecule has 2 fully saturated rings. The second-order valence-electron chi connectivity index (χ2n) is 10.7. The van der Waals surface area contributed by atoms with Crippen molar-refractivity contribution >= 4 is 11.7 Å². The van der Waals surface area contributed by atoms with Gasteiger partial charge in [-0.2, -0.15) is 13.2 Å². The van der Waals surface area contributed by atoms with Crippen LogP contribution in [0.25, 0.3) is 0 Å². The first-order valence-electron chi connectivity index (χ1n) is 13.0. The minimum Gasteiger partial charge on any atom is -0.375 e. The summed E-state index contributed by atoms with van der Waals surface area (Å²) in [7, 11) is 0. The van der Waals surface area contributed by atoms with E-state index in [0.717, 1.165) is 38.8 Å². The summed E-state index contributed by atoms with van der Waals surface area (Å²) in [5.41, 5.74) is -0.610. The molecule has 1 atom stereocenters. The molecule has 2 aromatic rings. The Kier molecular flexibility index (Phi) is 8.26. The van der Waals surface area contributed by atoms with Crippen molar-refractivity contribution in [3.63, 3.8) is 0 Å². The second kappa shape index (κ2) is 11.1. The molecule has 1 aromatic heterocycles. The van der Waals surface area contributed by atoms with E-state index < -0.39 is 22.9 Å². The average Bonchev–Trinajstić information content (AvgIpc) is 2.87. The predicted octanol–water partition coefficient (Wildman–Crippen LogP) is 4.99. The Morgan fingerprint density at radius 3 is 2.41 bits per heavy atom. The first-order chi connectivity index (χ1) is 17.5. The molecular formula is C28H37F3N4O2. The third kappa shape index (κ3) is 6.51. The Balaban J connectivity index is 1.62. The highest BCUT2D eigenvalue weighted by Gasteiger charge is 2.48. The smallest absolute Gasteiger partial charge is 0.375 e. The van der Waals surface area contributed by atoms with Gasteiger partial charge in [0, 0.05) is 64.0 Å². The summed E-state index contributed by atoms with van der Waals surface area (Å²) >= 11 is 0. The Bertz CT molecular complexity index is 1050. The number of rotatable bonds is 7. The normalized spacial score (nSPS) is 23.1. The van der Waals surface area contributed by atoms with E-state index in [0.29, 0.717) is 19.4 Å². The molecule has 2 aliphatic heterocycles. The molecular weight excluding hydrogens is 481 g/mol. The van der Waals surface area contributed by atoms with Crippen LogP contribution in [0.2, 0.25) is 0 Å². The lowest BCUT2D eigenvalue weighted by atomic mass is 9.78. The molecule has 0 spiro atoms. The number of halogens is 3. The summed E-state index contributed by atoms with van der Waals surface area (Å²) in [6, 6.07) is 12.6.